The van der Waals surface area contributed by atoms with Gasteiger partial charge in [-0.3, -0.25) is 14.7 Å². The van der Waals surface area contributed by atoms with E-state index in [1.807, 2.05) is 56.1 Å². The first-order valence-electron chi connectivity index (χ1n) is 9.78. The third-order valence-electron chi connectivity index (χ3n) is 5.16. The molecule has 1 fully saturated rings. The Bertz CT molecular complexity index is 782. The minimum absolute atomic E-state index is 0.0367. The lowest BCUT2D eigenvalue weighted by Gasteiger charge is -2.35. The highest BCUT2D eigenvalue weighted by molar-refractivity contribution is 6.32. The molecule has 28 heavy (non-hydrogen) atoms. The fraction of sp³-hybridized carbons (Fsp3) is 0.455. The number of hydrogen-bond donors (Lipinski definition) is 0. The minimum Gasteiger partial charge on any atom is -0.481 e. The zero-order chi connectivity index (χ0) is 20.1. The average molecular weight is 402 g/mol. The number of nitrogens with zero attached hydrogens (tertiary/aromatic N) is 3. The number of amides is 1. The normalized spacial score (nSPS) is 16.1. The molecule has 0 bridgehead atoms. The van der Waals surface area contributed by atoms with Crippen molar-refractivity contribution in [1.29, 1.82) is 0 Å². The molecular weight excluding hydrogens is 374 g/mol. The van der Waals surface area contributed by atoms with Crippen LogP contribution in [0, 0.1) is 13.8 Å². The van der Waals surface area contributed by atoms with E-state index < -0.39 is 6.10 Å². The van der Waals surface area contributed by atoms with Crippen LogP contribution in [-0.4, -0.2) is 59.5 Å². The summed E-state index contributed by atoms with van der Waals surface area (Å²) in [5.74, 6) is 0.726. The van der Waals surface area contributed by atoms with Gasteiger partial charge in [0.1, 0.15) is 5.75 Å². The quantitative estimate of drug-likeness (QED) is 0.743. The molecule has 5 nitrogen and oxygen atoms in total. The van der Waals surface area contributed by atoms with E-state index in [2.05, 4.69) is 16.0 Å². The van der Waals surface area contributed by atoms with E-state index in [0.29, 0.717) is 5.75 Å². The highest BCUT2D eigenvalue weighted by Crippen LogP contribution is 2.26. The first-order chi connectivity index (χ1) is 13.4. The van der Waals surface area contributed by atoms with Crippen molar-refractivity contribution in [3.05, 3.63) is 58.4 Å². The van der Waals surface area contributed by atoms with Gasteiger partial charge >= 0.3 is 0 Å². The Hall–Kier alpha value is -2.11. The van der Waals surface area contributed by atoms with Crippen LogP contribution in [0.3, 0.4) is 0 Å². The van der Waals surface area contributed by atoms with Crippen molar-refractivity contribution in [2.45, 2.75) is 33.3 Å². The van der Waals surface area contributed by atoms with E-state index in [1.165, 1.54) is 0 Å². The van der Waals surface area contributed by atoms with Gasteiger partial charge in [0.2, 0.25) is 0 Å². The van der Waals surface area contributed by atoms with Gasteiger partial charge in [0, 0.05) is 56.1 Å². The van der Waals surface area contributed by atoms with Gasteiger partial charge in [-0.15, -0.1) is 0 Å². The van der Waals surface area contributed by atoms with Crippen LogP contribution < -0.4 is 4.74 Å². The van der Waals surface area contributed by atoms with E-state index in [4.69, 9.17) is 16.3 Å². The third kappa shape index (κ3) is 5.24. The van der Waals surface area contributed by atoms with Crippen LogP contribution in [-0.2, 0) is 11.2 Å². The van der Waals surface area contributed by atoms with Gasteiger partial charge in [-0.05, 0) is 56.2 Å². The summed E-state index contributed by atoms with van der Waals surface area (Å²) in [6.45, 7) is 9.89. The number of ether oxygens (including phenoxy) is 1. The van der Waals surface area contributed by atoms with Gasteiger partial charge < -0.3 is 9.64 Å². The molecule has 1 amide bonds. The highest BCUT2D eigenvalue weighted by Gasteiger charge is 2.26. The van der Waals surface area contributed by atoms with Crippen LogP contribution in [0.5, 0.6) is 5.75 Å². The maximum Gasteiger partial charge on any atom is 0.263 e. The van der Waals surface area contributed by atoms with Crippen LogP contribution >= 0.6 is 11.6 Å². The number of rotatable bonds is 6. The highest BCUT2D eigenvalue weighted by atomic mass is 35.5. The summed E-state index contributed by atoms with van der Waals surface area (Å²) < 4.78 is 5.91. The van der Waals surface area contributed by atoms with Gasteiger partial charge in [0.25, 0.3) is 5.91 Å². The summed E-state index contributed by atoms with van der Waals surface area (Å²) in [7, 11) is 0. The van der Waals surface area contributed by atoms with E-state index >= 15 is 0 Å². The molecular formula is C22H28ClN3O2. The smallest absolute Gasteiger partial charge is 0.263 e. The van der Waals surface area contributed by atoms with Crippen molar-refractivity contribution in [3.8, 4) is 5.75 Å². The monoisotopic (exact) mass is 401 g/mol. The molecule has 1 aliphatic rings. The lowest BCUT2D eigenvalue weighted by atomic mass is 10.1. The molecule has 1 aromatic carbocycles. The SMILES string of the molecule is Cc1cc(OC(C)C(=O)N2CCN(CCc3ccccn3)CC2)cc(C)c1Cl. The Morgan fingerprint density at radius 3 is 2.46 bits per heavy atom. The van der Waals surface area contributed by atoms with Gasteiger partial charge in [-0.1, -0.05) is 17.7 Å². The lowest BCUT2D eigenvalue weighted by molar-refractivity contribution is -0.139. The van der Waals surface area contributed by atoms with Gasteiger partial charge in [0.05, 0.1) is 0 Å². The number of carbonyl (C=O) groups excluding carboxylic acids is 1. The number of benzene rings is 1. The second-order valence-electron chi connectivity index (χ2n) is 7.37. The van der Waals surface area contributed by atoms with Crippen molar-refractivity contribution in [1.82, 2.24) is 14.8 Å². The van der Waals surface area contributed by atoms with Crippen LogP contribution in [0.1, 0.15) is 23.7 Å². The fourth-order valence-electron chi connectivity index (χ4n) is 3.50. The number of aromatic nitrogens is 1. The Labute approximate surface area is 172 Å². The number of halogens is 1. The molecule has 0 spiro atoms. The summed E-state index contributed by atoms with van der Waals surface area (Å²) >= 11 is 6.21. The number of piperazine rings is 1. The molecule has 2 aromatic rings. The Morgan fingerprint density at radius 2 is 1.86 bits per heavy atom. The van der Waals surface area contributed by atoms with Crippen molar-refractivity contribution in [3.63, 3.8) is 0 Å². The molecule has 6 heteroatoms. The lowest BCUT2D eigenvalue weighted by Crippen LogP contribution is -2.52. The predicted molar refractivity (Wildman–Crippen MR) is 112 cm³/mol. The summed E-state index contributed by atoms with van der Waals surface area (Å²) in [6.07, 6.45) is 2.25. The van der Waals surface area contributed by atoms with Gasteiger partial charge in [0.15, 0.2) is 6.10 Å². The first-order valence-corrected chi connectivity index (χ1v) is 10.2. The van der Waals surface area contributed by atoms with Crippen molar-refractivity contribution >= 4 is 17.5 Å². The largest absolute Gasteiger partial charge is 0.481 e. The number of pyridine rings is 1. The van der Waals surface area contributed by atoms with E-state index in [1.54, 1.807) is 0 Å². The van der Waals surface area contributed by atoms with Crippen LogP contribution in [0.2, 0.25) is 5.02 Å². The topological polar surface area (TPSA) is 45.7 Å². The molecule has 2 heterocycles. The predicted octanol–water partition coefficient (Wildman–Crippen LogP) is 3.51. The van der Waals surface area contributed by atoms with Crippen molar-refractivity contribution < 1.29 is 9.53 Å². The van der Waals surface area contributed by atoms with Crippen LogP contribution in [0.4, 0.5) is 0 Å². The van der Waals surface area contributed by atoms with Crippen LogP contribution in [0.15, 0.2) is 36.5 Å². The maximum absolute atomic E-state index is 12.8. The van der Waals surface area contributed by atoms with E-state index in [0.717, 1.165) is 61.0 Å². The molecule has 1 saturated heterocycles. The molecule has 3 rings (SSSR count). The molecule has 150 valence electrons. The Morgan fingerprint density at radius 1 is 1.18 bits per heavy atom. The number of aryl methyl sites for hydroxylation is 2. The average Bonchev–Trinajstić information content (AvgIpc) is 2.71. The number of carbonyl (C=O) groups is 1. The summed E-state index contributed by atoms with van der Waals surface area (Å²) in [6, 6.07) is 9.77. The molecule has 0 radical (unpaired) electrons. The van der Waals surface area contributed by atoms with Crippen LogP contribution in [0.25, 0.3) is 0 Å². The van der Waals surface area contributed by atoms with Gasteiger partial charge in [-0.2, -0.15) is 0 Å². The summed E-state index contributed by atoms with van der Waals surface area (Å²) in [5.41, 5.74) is 3.02. The molecule has 0 N–H and O–H groups in total. The third-order valence-corrected chi connectivity index (χ3v) is 5.76. The standard InChI is InChI=1S/C22H28ClN3O2/c1-16-14-20(15-17(2)21(16)23)28-18(3)22(27)26-12-10-25(11-13-26)9-7-19-6-4-5-8-24-19/h4-6,8,14-15,18H,7,9-13H2,1-3H3. The molecule has 1 aliphatic heterocycles. The maximum atomic E-state index is 12.8. The molecule has 1 unspecified atom stereocenters. The Kier molecular flexibility index (Phi) is 6.92. The fourth-order valence-corrected chi connectivity index (χ4v) is 3.61. The minimum atomic E-state index is -0.514. The second kappa shape index (κ2) is 9.39. The Balaban J connectivity index is 1.47. The number of hydrogen-bond acceptors (Lipinski definition) is 4. The molecule has 0 saturated carbocycles. The second-order valence-corrected chi connectivity index (χ2v) is 7.75. The first kappa shape index (κ1) is 20.6. The van der Waals surface area contributed by atoms with Crippen molar-refractivity contribution in [2.75, 3.05) is 32.7 Å². The molecule has 1 aromatic heterocycles. The molecule has 1 atom stereocenters. The van der Waals surface area contributed by atoms with Gasteiger partial charge in [-0.25, -0.2) is 0 Å². The zero-order valence-corrected chi connectivity index (χ0v) is 17.6. The summed E-state index contributed by atoms with van der Waals surface area (Å²) in [4.78, 5) is 21.4. The summed E-state index contributed by atoms with van der Waals surface area (Å²) in [5, 5.41) is 0.744. The van der Waals surface area contributed by atoms with E-state index in [9.17, 15) is 4.79 Å². The van der Waals surface area contributed by atoms with E-state index in [-0.39, 0.29) is 5.91 Å². The zero-order valence-electron chi connectivity index (χ0n) is 16.8. The van der Waals surface area contributed by atoms with Crippen molar-refractivity contribution in [2.24, 2.45) is 0 Å². The molecule has 0 aliphatic carbocycles.